The van der Waals surface area contributed by atoms with Crippen LogP contribution in [-0.2, 0) is 13.2 Å². The molecule has 2 aromatic carbocycles. The van der Waals surface area contributed by atoms with Gasteiger partial charge in [-0.2, -0.15) is 5.10 Å². The molecule has 0 spiro atoms. The van der Waals surface area contributed by atoms with Crippen LogP contribution in [0.1, 0.15) is 23.9 Å². The number of aryl methyl sites for hydroxylation is 1. The van der Waals surface area contributed by atoms with Gasteiger partial charge in [0.2, 0.25) is 4.77 Å². The number of hydrogen-bond acceptors (Lipinski definition) is 5. The number of halogens is 2. The maximum Gasteiger partial charge on any atom is 0.214 e. The van der Waals surface area contributed by atoms with Gasteiger partial charge < -0.3 is 14.9 Å². The molecule has 0 saturated carbocycles. The van der Waals surface area contributed by atoms with Crippen molar-refractivity contribution in [1.29, 1.82) is 0 Å². The molecule has 0 unspecified atom stereocenters. The molecule has 3 rings (SSSR count). The summed E-state index contributed by atoms with van der Waals surface area (Å²) in [6.45, 7) is 5.11. The van der Waals surface area contributed by atoms with Gasteiger partial charge in [-0.3, -0.25) is 5.10 Å². The van der Waals surface area contributed by atoms with Crippen molar-refractivity contribution < 1.29 is 9.47 Å². The van der Waals surface area contributed by atoms with Gasteiger partial charge in [0.15, 0.2) is 11.5 Å². The van der Waals surface area contributed by atoms with E-state index >= 15 is 0 Å². The van der Waals surface area contributed by atoms with Crippen LogP contribution >= 0.6 is 35.4 Å². The van der Waals surface area contributed by atoms with Gasteiger partial charge >= 0.3 is 0 Å². The summed E-state index contributed by atoms with van der Waals surface area (Å²) >= 11 is 17.6. The van der Waals surface area contributed by atoms with Crippen molar-refractivity contribution in [1.82, 2.24) is 14.9 Å². The smallest absolute Gasteiger partial charge is 0.214 e. The van der Waals surface area contributed by atoms with Gasteiger partial charge in [0, 0.05) is 5.02 Å². The molecule has 148 valence electrons. The largest absolute Gasteiger partial charge is 0.490 e. The first-order valence-electron chi connectivity index (χ1n) is 8.68. The average Bonchev–Trinajstić information content (AvgIpc) is 2.99. The average molecular weight is 439 g/mol. The van der Waals surface area contributed by atoms with E-state index in [9.17, 15) is 0 Å². The lowest BCUT2D eigenvalue weighted by Crippen LogP contribution is -2.16. The second-order valence-corrected chi connectivity index (χ2v) is 7.23. The summed E-state index contributed by atoms with van der Waals surface area (Å²) in [4.78, 5) is 0. The van der Waals surface area contributed by atoms with E-state index < -0.39 is 0 Å². The summed E-state index contributed by atoms with van der Waals surface area (Å²) in [6, 6.07) is 11.2. The fraction of sp³-hybridized carbons (Fsp3) is 0.263. The highest BCUT2D eigenvalue weighted by Gasteiger charge is 2.13. The predicted octanol–water partition coefficient (Wildman–Crippen LogP) is 5.28. The number of rotatable bonds is 8. The molecular weight excluding hydrogens is 419 g/mol. The standard InChI is InChI=1S/C19H20Cl2N4O2S/c1-3-26-17-9-14(10-22-25-12(2)23-24-19(25)28)8-16(21)18(17)27-11-13-4-6-15(20)7-5-13/h4-9,22H,3,10-11H2,1-2H3,(H,24,28). The number of aromatic nitrogens is 3. The number of nitrogens with zero attached hydrogens (tertiary/aromatic N) is 2. The molecule has 1 heterocycles. The highest BCUT2D eigenvalue weighted by molar-refractivity contribution is 7.71. The second kappa shape index (κ2) is 9.32. The van der Waals surface area contributed by atoms with Gasteiger partial charge in [-0.1, -0.05) is 35.3 Å². The van der Waals surface area contributed by atoms with Crippen molar-refractivity contribution in [3.8, 4) is 11.5 Å². The van der Waals surface area contributed by atoms with Gasteiger partial charge in [-0.15, -0.1) is 0 Å². The fourth-order valence-corrected chi connectivity index (χ4v) is 3.25. The van der Waals surface area contributed by atoms with Crippen LogP contribution in [0.5, 0.6) is 11.5 Å². The van der Waals surface area contributed by atoms with Crippen molar-refractivity contribution in [2.24, 2.45) is 0 Å². The van der Waals surface area contributed by atoms with E-state index in [-0.39, 0.29) is 0 Å². The first-order chi connectivity index (χ1) is 13.5. The lowest BCUT2D eigenvalue weighted by Gasteiger charge is -2.16. The topological polar surface area (TPSA) is 64.1 Å². The maximum atomic E-state index is 6.49. The number of benzene rings is 2. The number of hydrogen-bond donors (Lipinski definition) is 2. The molecule has 2 N–H and O–H groups in total. The van der Waals surface area contributed by atoms with Crippen LogP contribution in [0.15, 0.2) is 36.4 Å². The van der Waals surface area contributed by atoms with Gasteiger partial charge in [-0.05, 0) is 61.5 Å². The monoisotopic (exact) mass is 438 g/mol. The third-order valence-corrected chi connectivity index (χ3v) is 4.75. The Morgan fingerprint density at radius 1 is 1.14 bits per heavy atom. The van der Waals surface area contributed by atoms with Gasteiger partial charge in [0.25, 0.3) is 0 Å². The predicted molar refractivity (Wildman–Crippen MR) is 114 cm³/mol. The molecule has 1 aromatic heterocycles. The molecule has 0 aliphatic carbocycles. The van der Waals surface area contributed by atoms with Crippen LogP contribution in [0.25, 0.3) is 0 Å². The lowest BCUT2D eigenvalue weighted by atomic mass is 10.2. The lowest BCUT2D eigenvalue weighted by molar-refractivity contribution is 0.269. The number of H-pyrrole nitrogens is 1. The first-order valence-corrected chi connectivity index (χ1v) is 9.84. The molecule has 28 heavy (non-hydrogen) atoms. The maximum absolute atomic E-state index is 6.49. The second-order valence-electron chi connectivity index (χ2n) is 6.00. The van der Waals surface area contributed by atoms with Crippen LogP contribution in [0, 0.1) is 11.7 Å². The van der Waals surface area contributed by atoms with E-state index in [1.807, 2.05) is 50.2 Å². The van der Waals surface area contributed by atoms with Gasteiger partial charge in [-0.25, -0.2) is 4.68 Å². The highest BCUT2D eigenvalue weighted by Crippen LogP contribution is 2.37. The molecule has 0 radical (unpaired) electrons. The zero-order valence-electron chi connectivity index (χ0n) is 15.5. The van der Waals surface area contributed by atoms with Crippen molar-refractivity contribution in [3.05, 3.63) is 68.2 Å². The summed E-state index contributed by atoms with van der Waals surface area (Å²) in [6.07, 6.45) is 0. The summed E-state index contributed by atoms with van der Waals surface area (Å²) in [5, 5.41) is 7.96. The third-order valence-electron chi connectivity index (χ3n) is 3.95. The molecule has 6 nitrogen and oxygen atoms in total. The number of ether oxygens (including phenoxy) is 2. The Labute approximate surface area is 178 Å². The minimum absolute atomic E-state index is 0.359. The Kier molecular flexibility index (Phi) is 6.83. The summed E-state index contributed by atoms with van der Waals surface area (Å²) < 4.78 is 13.9. The molecule has 0 saturated heterocycles. The molecule has 3 aromatic rings. The SMILES string of the molecule is CCOc1cc(CNn2c(C)n[nH]c2=S)cc(Cl)c1OCc1ccc(Cl)cc1. The van der Waals surface area contributed by atoms with Crippen LogP contribution in [0.4, 0.5) is 0 Å². The van der Waals surface area contributed by atoms with Crippen LogP contribution in [0.3, 0.4) is 0 Å². The van der Waals surface area contributed by atoms with E-state index in [0.29, 0.717) is 46.1 Å². The van der Waals surface area contributed by atoms with E-state index in [1.165, 1.54) is 0 Å². The zero-order valence-corrected chi connectivity index (χ0v) is 17.8. The van der Waals surface area contributed by atoms with Crippen molar-refractivity contribution in [2.75, 3.05) is 12.0 Å². The van der Waals surface area contributed by atoms with Crippen LogP contribution in [-0.4, -0.2) is 21.5 Å². The van der Waals surface area contributed by atoms with E-state index in [4.69, 9.17) is 44.9 Å². The number of nitrogens with one attached hydrogen (secondary N) is 2. The van der Waals surface area contributed by atoms with Gasteiger partial charge in [0.1, 0.15) is 12.4 Å². The minimum atomic E-state index is 0.359. The summed E-state index contributed by atoms with van der Waals surface area (Å²) in [7, 11) is 0. The quantitative estimate of drug-likeness (QED) is 0.468. The van der Waals surface area contributed by atoms with E-state index in [0.717, 1.165) is 17.0 Å². The van der Waals surface area contributed by atoms with E-state index in [2.05, 4.69) is 15.6 Å². The fourth-order valence-electron chi connectivity index (χ4n) is 2.59. The minimum Gasteiger partial charge on any atom is -0.490 e. The number of aromatic amines is 1. The Morgan fingerprint density at radius 3 is 2.54 bits per heavy atom. The first kappa shape index (κ1) is 20.5. The highest BCUT2D eigenvalue weighted by atomic mass is 35.5. The molecule has 0 aliphatic heterocycles. The molecule has 0 amide bonds. The van der Waals surface area contributed by atoms with Gasteiger partial charge in [0.05, 0.1) is 18.2 Å². The zero-order chi connectivity index (χ0) is 20.1. The normalized spacial score (nSPS) is 10.7. The summed E-state index contributed by atoms with van der Waals surface area (Å²) in [5.41, 5.74) is 5.12. The molecule has 0 aliphatic rings. The Bertz CT molecular complexity index is 1000. The summed E-state index contributed by atoms with van der Waals surface area (Å²) in [5.74, 6) is 1.84. The van der Waals surface area contributed by atoms with Crippen molar-refractivity contribution >= 4 is 35.4 Å². The Morgan fingerprint density at radius 2 is 1.89 bits per heavy atom. The van der Waals surface area contributed by atoms with Crippen LogP contribution in [0.2, 0.25) is 10.0 Å². The van der Waals surface area contributed by atoms with E-state index in [1.54, 1.807) is 4.68 Å². The Hall–Kier alpha value is -2.22. The van der Waals surface area contributed by atoms with Crippen molar-refractivity contribution in [3.63, 3.8) is 0 Å². The van der Waals surface area contributed by atoms with Crippen molar-refractivity contribution in [2.45, 2.75) is 27.0 Å². The molecular formula is C19H20Cl2N4O2S. The third kappa shape index (κ3) is 4.98. The molecule has 0 atom stereocenters. The Balaban J connectivity index is 1.77. The van der Waals surface area contributed by atoms with Crippen LogP contribution < -0.4 is 14.9 Å². The molecule has 9 heteroatoms. The molecule has 0 fully saturated rings. The molecule has 0 bridgehead atoms.